The lowest BCUT2D eigenvalue weighted by atomic mass is 9.82. The lowest BCUT2D eigenvalue weighted by molar-refractivity contribution is -0.130. The van der Waals surface area contributed by atoms with E-state index >= 15 is 0 Å². The number of carbonyl (C=O) groups is 3. The third kappa shape index (κ3) is 6.21. The van der Waals surface area contributed by atoms with Gasteiger partial charge in [-0.05, 0) is 41.0 Å². The van der Waals surface area contributed by atoms with E-state index in [0.717, 1.165) is 43.2 Å². The van der Waals surface area contributed by atoms with Gasteiger partial charge in [-0.25, -0.2) is 9.59 Å². The standard InChI is InChI=1S/C28H30N2O5/c31-26(29-16-8-15-27(32)33)17-25(19-9-2-1-3-10-19)30-28(34)35-18-24-22-13-6-4-11-20(22)21-12-5-7-14-23(21)24/h4-7,11-14,19,24-25H,1-3,9-10,16-18H2,(H,29,31)(H,30,34)(H,32,33). The molecule has 182 valence electrons. The molecule has 7 heteroatoms. The zero-order valence-corrected chi connectivity index (χ0v) is 19.6. The highest BCUT2D eigenvalue weighted by Gasteiger charge is 2.31. The first kappa shape index (κ1) is 24.3. The molecule has 4 rings (SSSR count). The average molecular weight is 475 g/mol. The number of hydrogen-bond donors (Lipinski definition) is 3. The molecule has 0 spiro atoms. The van der Waals surface area contributed by atoms with Crippen LogP contribution in [-0.2, 0) is 14.3 Å². The van der Waals surface area contributed by atoms with Crippen LogP contribution in [0.3, 0.4) is 0 Å². The van der Waals surface area contributed by atoms with Crippen molar-refractivity contribution in [3.8, 4) is 23.0 Å². The molecule has 2 amide bonds. The molecule has 2 aliphatic rings. The lowest BCUT2D eigenvalue weighted by Crippen LogP contribution is -2.44. The molecule has 1 fully saturated rings. The van der Waals surface area contributed by atoms with Gasteiger partial charge in [-0.15, -0.1) is 0 Å². The zero-order valence-electron chi connectivity index (χ0n) is 19.6. The van der Waals surface area contributed by atoms with Gasteiger partial charge in [-0.2, -0.15) is 0 Å². The van der Waals surface area contributed by atoms with E-state index in [-0.39, 0.29) is 43.4 Å². The number of benzene rings is 2. The fourth-order valence-corrected chi connectivity index (χ4v) is 5.20. The van der Waals surface area contributed by atoms with Gasteiger partial charge in [0.25, 0.3) is 0 Å². The number of carbonyl (C=O) groups excluding carboxylic acids is 2. The minimum Gasteiger partial charge on any atom is -0.472 e. The summed E-state index contributed by atoms with van der Waals surface area (Å²) in [4.78, 5) is 35.8. The summed E-state index contributed by atoms with van der Waals surface area (Å²) >= 11 is 0. The van der Waals surface area contributed by atoms with Crippen molar-refractivity contribution in [2.45, 2.75) is 50.5 Å². The van der Waals surface area contributed by atoms with Crippen molar-refractivity contribution in [3.63, 3.8) is 0 Å². The molecular weight excluding hydrogens is 444 g/mol. The quantitative estimate of drug-likeness (QED) is 0.525. The predicted octanol–water partition coefficient (Wildman–Crippen LogP) is 4.07. The second-order valence-electron chi connectivity index (χ2n) is 9.06. The molecule has 0 bridgehead atoms. The Balaban J connectivity index is 1.38. The summed E-state index contributed by atoms with van der Waals surface area (Å²) in [5.74, 6) is 3.00. The summed E-state index contributed by atoms with van der Waals surface area (Å²) in [6.45, 7) is 0.168. The van der Waals surface area contributed by atoms with Gasteiger partial charge in [0.05, 0.1) is 6.54 Å². The Morgan fingerprint density at radius 2 is 1.60 bits per heavy atom. The van der Waals surface area contributed by atoms with Gasteiger partial charge in [-0.3, -0.25) is 4.79 Å². The average Bonchev–Trinajstić information content (AvgIpc) is 3.19. The van der Waals surface area contributed by atoms with Crippen molar-refractivity contribution in [2.75, 3.05) is 13.2 Å². The van der Waals surface area contributed by atoms with Crippen molar-refractivity contribution in [1.29, 1.82) is 0 Å². The Hall–Kier alpha value is -3.79. The summed E-state index contributed by atoms with van der Waals surface area (Å²) in [5.41, 5.74) is 4.62. The number of alkyl carbamates (subject to hydrolysis) is 1. The van der Waals surface area contributed by atoms with Crippen LogP contribution in [0, 0.1) is 17.8 Å². The van der Waals surface area contributed by atoms with Crippen LogP contribution < -0.4 is 10.6 Å². The molecule has 0 radical (unpaired) electrons. The van der Waals surface area contributed by atoms with E-state index in [9.17, 15) is 14.4 Å². The minimum absolute atomic E-state index is 0.0302. The number of ether oxygens (including phenoxy) is 1. The number of nitrogens with one attached hydrogen (secondary N) is 2. The monoisotopic (exact) mass is 474 g/mol. The normalized spacial score (nSPS) is 15.7. The van der Waals surface area contributed by atoms with Crippen LogP contribution in [0.4, 0.5) is 4.79 Å². The van der Waals surface area contributed by atoms with E-state index in [1.807, 2.05) is 30.2 Å². The van der Waals surface area contributed by atoms with E-state index < -0.39 is 12.1 Å². The van der Waals surface area contributed by atoms with Crippen LogP contribution in [0.1, 0.15) is 55.6 Å². The molecule has 1 atom stereocenters. The SMILES string of the molecule is O=C(O)C#CCNC(=O)CC(NC(=O)OCC1c2ccccc2-c2ccccc21)C1CCCCC1. The van der Waals surface area contributed by atoms with Crippen molar-refractivity contribution < 1.29 is 24.2 Å². The van der Waals surface area contributed by atoms with Gasteiger partial charge in [0, 0.05) is 24.3 Å². The van der Waals surface area contributed by atoms with E-state index in [1.54, 1.807) is 0 Å². The highest BCUT2D eigenvalue weighted by molar-refractivity contribution is 5.86. The van der Waals surface area contributed by atoms with Gasteiger partial charge in [0.2, 0.25) is 5.91 Å². The van der Waals surface area contributed by atoms with Gasteiger partial charge in [-0.1, -0.05) is 73.7 Å². The second kappa shape index (κ2) is 11.6. The van der Waals surface area contributed by atoms with Crippen LogP contribution in [0.5, 0.6) is 0 Å². The van der Waals surface area contributed by atoms with Crippen LogP contribution in [0.25, 0.3) is 11.1 Å². The molecule has 2 aromatic rings. The fraction of sp³-hybridized carbons (Fsp3) is 0.393. The molecule has 3 N–H and O–H groups in total. The van der Waals surface area contributed by atoms with Gasteiger partial charge >= 0.3 is 12.1 Å². The third-order valence-corrected chi connectivity index (χ3v) is 6.84. The van der Waals surface area contributed by atoms with Gasteiger partial charge in [0.1, 0.15) is 6.61 Å². The van der Waals surface area contributed by atoms with Crippen LogP contribution in [0.2, 0.25) is 0 Å². The maximum absolute atomic E-state index is 12.8. The Morgan fingerprint density at radius 3 is 2.23 bits per heavy atom. The molecular formula is C28H30N2O5. The van der Waals surface area contributed by atoms with E-state index in [1.165, 1.54) is 11.1 Å². The highest BCUT2D eigenvalue weighted by Crippen LogP contribution is 2.44. The second-order valence-corrected chi connectivity index (χ2v) is 9.06. The molecule has 1 unspecified atom stereocenters. The molecule has 35 heavy (non-hydrogen) atoms. The Morgan fingerprint density at radius 1 is 0.971 bits per heavy atom. The first-order valence-electron chi connectivity index (χ1n) is 12.1. The fourth-order valence-electron chi connectivity index (χ4n) is 5.20. The van der Waals surface area contributed by atoms with E-state index in [4.69, 9.17) is 9.84 Å². The number of carboxylic acid groups (broad SMARTS) is 1. The smallest absolute Gasteiger partial charge is 0.407 e. The Labute approximate surface area is 205 Å². The van der Waals surface area contributed by atoms with Crippen molar-refractivity contribution in [1.82, 2.24) is 10.6 Å². The number of amides is 2. The van der Waals surface area contributed by atoms with Crippen molar-refractivity contribution in [2.24, 2.45) is 5.92 Å². The highest BCUT2D eigenvalue weighted by atomic mass is 16.5. The lowest BCUT2D eigenvalue weighted by Gasteiger charge is -2.30. The van der Waals surface area contributed by atoms with Crippen LogP contribution in [0.15, 0.2) is 48.5 Å². The maximum Gasteiger partial charge on any atom is 0.407 e. The largest absolute Gasteiger partial charge is 0.472 e. The molecule has 7 nitrogen and oxygen atoms in total. The number of carboxylic acids is 1. The zero-order chi connectivity index (χ0) is 24.6. The molecule has 2 aromatic carbocycles. The first-order valence-corrected chi connectivity index (χ1v) is 12.1. The van der Waals surface area contributed by atoms with Crippen molar-refractivity contribution >= 4 is 18.0 Å². The first-order chi connectivity index (χ1) is 17.0. The molecule has 1 saturated carbocycles. The van der Waals surface area contributed by atoms with E-state index in [0.29, 0.717) is 0 Å². The predicted molar refractivity (Wildman–Crippen MR) is 132 cm³/mol. The minimum atomic E-state index is -1.24. The Bertz CT molecular complexity index is 1100. The molecule has 0 saturated heterocycles. The third-order valence-electron chi connectivity index (χ3n) is 6.84. The molecule has 0 aromatic heterocycles. The van der Waals surface area contributed by atoms with Gasteiger partial charge in [0.15, 0.2) is 0 Å². The summed E-state index contributed by atoms with van der Waals surface area (Å²) in [6.07, 6.45) is 4.76. The summed E-state index contributed by atoms with van der Waals surface area (Å²) in [5, 5.41) is 14.1. The number of rotatable bonds is 7. The summed E-state index contributed by atoms with van der Waals surface area (Å²) < 4.78 is 5.70. The Kier molecular flexibility index (Phi) is 8.04. The topological polar surface area (TPSA) is 105 Å². The molecule has 0 aliphatic heterocycles. The summed E-state index contributed by atoms with van der Waals surface area (Å²) in [6, 6.07) is 16.0. The van der Waals surface area contributed by atoms with E-state index in [2.05, 4.69) is 40.8 Å². The maximum atomic E-state index is 12.8. The number of hydrogen-bond acceptors (Lipinski definition) is 4. The molecule has 0 heterocycles. The molecule has 2 aliphatic carbocycles. The summed E-state index contributed by atoms with van der Waals surface area (Å²) in [7, 11) is 0. The van der Waals surface area contributed by atoms with Crippen LogP contribution >= 0.6 is 0 Å². The number of aliphatic carboxylic acids is 1. The van der Waals surface area contributed by atoms with Crippen molar-refractivity contribution in [3.05, 3.63) is 59.7 Å². The number of fused-ring (bicyclic) bond motifs is 3. The van der Waals surface area contributed by atoms with Crippen LogP contribution in [-0.4, -0.2) is 42.3 Å². The van der Waals surface area contributed by atoms with Gasteiger partial charge < -0.3 is 20.5 Å².